The van der Waals surface area contributed by atoms with Gasteiger partial charge in [0.05, 0.1) is 11.4 Å². The summed E-state index contributed by atoms with van der Waals surface area (Å²) in [7, 11) is 0. The van der Waals surface area contributed by atoms with Crippen LogP contribution in [0.4, 0.5) is 4.79 Å². The maximum atomic E-state index is 12.9. The van der Waals surface area contributed by atoms with E-state index < -0.39 is 0 Å². The number of hydrogen-bond acceptors (Lipinski definition) is 3. The third kappa shape index (κ3) is 3.82. The van der Waals surface area contributed by atoms with Crippen molar-refractivity contribution in [2.45, 2.75) is 20.4 Å². The van der Waals surface area contributed by atoms with Gasteiger partial charge < -0.3 is 4.57 Å². The molecule has 2 amide bonds. The Hall–Kier alpha value is -2.57. The summed E-state index contributed by atoms with van der Waals surface area (Å²) in [5, 5.41) is -0.242. The highest BCUT2D eigenvalue weighted by Crippen LogP contribution is 2.35. The number of aromatic nitrogens is 1. The van der Waals surface area contributed by atoms with E-state index in [-0.39, 0.29) is 17.7 Å². The molecule has 0 N–H and O–H groups in total. The summed E-state index contributed by atoms with van der Waals surface area (Å²) < 4.78 is 3.03. The van der Waals surface area contributed by atoms with E-state index in [0.29, 0.717) is 4.91 Å². The van der Waals surface area contributed by atoms with Crippen LogP contribution >= 0.6 is 27.7 Å². The van der Waals surface area contributed by atoms with Gasteiger partial charge in [-0.05, 0) is 67.1 Å². The van der Waals surface area contributed by atoms with Gasteiger partial charge in [0, 0.05) is 21.5 Å². The zero-order chi connectivity index (χ0) is 20.5. The van der Waals surface area contributed by atoms with Gasteiger partial charge >= 0.3 is 0 Å². The minimum Gasteiger partial charge on any atom is -0.318 e. The third-order valence-electron chi connectivity index (χ3n) is 4.93. The number of hydrogen-bond donors (Lipinski definition) is 0. The van der Waals surface area contributed by atoms with Crippen molar-refractivity contribution in [2.75, 3.05) is 0 Å². The standard InChI is InChI=1S/C23H19BrN2O2S/c1-15-12-18(16(2)26(15)19-9-4-3-5-10-19)13-21-22(27)25(23(28)29-21)14-17-8-6-7-11-20(17)24/h3-13H,14H2,1-2H3/b21-13-. The van der Waals surface area contributed by atoms with Gasteiger partial charge in [-0.2, -0.15) is 0 Å². The van der Waals surface area contributed by atoms with Crippen LogP contribution in [-0.2, 0) is 11.3 Å². The highest BCUT2D eigenvalue weighted by molar-refractivity contribution is 9.10. The molecule has 4 nitrogen and oxygen atoms in total. The van der Waals surface area contributed by atoms with Crippen LogP contribution in [-0.4, -0.2) is 20.6 Å². The van der Waals surface area contributed by atoms with Crippen LogP contribution in [0.3, 0.4) is 0 Å². The topological polar surface area (TPSA) is 42.3 Å². The molecule has 146 valence electrons. The van der Waals surface area contributed by atoms with Crippen molar-refractivity contribution in [1.82, 2.24) is 9.47 Å². The van der Waals surface area contributed by atoms with Crippen LogP contribution in [0.1, 0.15) is 22.5 Å². The van der Waals surface area contributed by atoms with Crippen molar-refractivity contribution in [2.24, 2.45) is 0 Å². The number of carbonyl (C=O) groups excluding carboxylic acids is 2. The molecule has 0 spiro atoms. The Kier molecular flexibility index (Phi) is 5.48. The van der Waals surface area contributed by atoms with Crippen LogP contribution in [0, 0.1) is 13.8 Å². The molecule has 1 aliphatic rings. The molecular formula is C23H19BrN2O2S. The molecule has 1 aromatic heterocycles. The van der Waals surface area contributed by atoms with E-state index in [4.69, 9.17) is 0 Å². The van der Waals surface area contributed by atoms with E-state index in [1.54, 1.807) is 0 Å². The van der Waals surface area contributed by atoms with Crippen LogP contribution < -0.4 is 0 Å². The minimum absolute atomic E-state index is 0.242. The van der Waals surface area contributed by atoms with Gasteiger partial charge in [0.25, 0.3) is 11.1 Å². The van der Waals surface area contributed by atoms with Crippen molar-refractivity contribution in [3.05, 3.63) is 92.6 Å². The number of benzene rings is 2. The molecular weight excluding hydrogens is 448 g/mol. The number of imide groups is 1. The molecule has 1 aliphatic heterocycles. The fourth-order valence-electron chi connectivity index (χ4n) is 3.48. The van der Waals surface area contributed by atoms with Crippen molar-refractivity contribution < 1.29 is 9.59 Å². The summed E-state index contributed by atoms with van der Waals surface area (Å²) in [6.45, 7) is 4.32. The molecule has 3 aromatic rings. The Morgan fingerprint density at radius 2 is 1.69 bits per heavy atom. The molecule has 4 rings (SSSR count). The lowest BCUT2D eigenvalue weighted by molar-refractivity contribution is -0.123. The zero-order valence-electron chi connectivity index (χ0n) is 16.1. The quantitative estimate of drug-likeness (QED) is 0.436. The average molecular weight is 467 g/mol. The highest BCUT2D eigenvalue weighted by atomic mass is 79.9. The van der Waals surface area contributed by atoms with E-state index >= 15 is 0 Å². The molecule has 0 saturated carbocycles. The molecule has 2 heterocycles. The van der Waals surface area contributed by atoms with Gasteiger partial charge in [-0.3, -0.25) is 14.5 Å². The lowest BCUT2D eigenvalue weighted by atomic mass is 10.2. The predicted molar refractivity (Wildman–Crippen MR) is 121 cm³/mol. The lowest BCUT2D eigenvalue weighted by Gasteiger charge is -2.13. The molecule has 0 atom stereocenters. The average Bonchev–Trinajstić information content (AvgIpc) is 3.13. The monoisotopic (exact) mass is 466 g/mol. The van der Waals surface area contributed by atoms with Crippen molar-refractivity contribution in [3.8, 4) is 5.69 Å². The molecule has 2 aromatic carbocycles. The molecule has 1 fully saturated rings. The summed E-state index contributed by atoms with van der Waals surface area (Å²) in [6, 6.07) is 19.8. The van der Waals surface area contributed by atoms with E-state index in [1.165, 1.54) is 4.90 Å². The van der Waals surface area contributed by atoms with E-state index in [0.717, 1.165) is 44.4 Å². The summed E-state index contributed by atoms with van der Waals surface area (Å²) >= 11 is 4.48. The second kappa shape index (κ2) is 8.05. The minimum atomic E-state index is -0.250. The summed E-state index contributed by atoms with van der Waals surface area (Å²) in [4.78, 5) is 27.1. The van der Waals surface area contributed by atoms with Gasteiger partial charge in [-0.15, -0.1) is 0 Å². The Balaban J connectivity index is 1.64. The second-order valence-corrected chi connectivity index (χ2v) is 8.70. The van der Waals surface area contributed by atoms with Crippen molar-refractivity contribution >= 4 is 44.9 Å². The fourth-order valence-corrected chi connectivity index (χ4v) is 4.72. The molecule has 0 unspecified atom stereocenters. The number of nitrogens with zero attached hydrogens (tertiary/aromatic N) is 2. The summed E-state index contributed by atoms with van der Waals surface area (Å²) in [6.07, 6.45) is 1.83. The van der Waals surface area contributed by atoms with Crippen LogP contribution in [0.2, 0.25) is 0 Å². The number of rotatable bonds is 4. The smallest absolute Gasteiger partial charge is 0.293 e. The molecule has 6 heteroatoms. The lowest BCUT2D eigenvalue weighted by Crippen LogP contribution is -2.27. The predicted octanol–water partition coefficient (Wildman–Crippen LogP) is 6.09. The molecule has 0 aliphatic carbocycles. The van der Waals surface area contributed by atoms with Gasteiger partial charge in [0.15, 0.2) is 0 Å². The van der Waals surface area contributed by atoms with E-state index in [1.807, 2.05) is 68.5 Å². The van der Waals surface area contributed by atoms with Gasteiger partial charge in [-0.25, -0.2) is 0 Å². The Morgan fingerprint density at radius 3 is 2.41 bits per heavy atom. The second-order valence-electron chi connectivity index (χ2n) is 6.86. The number of amides is 2. The van der Waals surface area contributed by atoms with Crippen LogP contribution in [0.15, 0.2) is 70.0 Å². The first-order valence-corrected chi connectivity index (χ1v) is 10.8. The Labute approximate surface area is 182 Å². The summed E-state index contributed by atoms with van der Waals surface area (Å²) in [5.41, 5.74) is 5.03. The normalized spacial score (nSPS) is 15.6. The number of aryl methyl sites for hydroxylation is 1. The first-order chi connectivity index (χ1) is 14.0. The maximum absolute atomic E-state index is 12.9. The molecule has 29 heavy (non-hydrogen) atoms. The first-order valence-electron chi connectivity index (χ1n) is 9.19. The van der Waals surface area contributed by atoms with Gasteiger partial charge in [0.1, 0.15) is 0 Å². The Morgan fingerprint density at radius 1 is 1.00 bits per heavy atom. The SMILES string of the molecule is Cc1cc(/C=C2\SC(=O)N(Cc3ccccc3Br)C2=O)c(C)n1-c1ccccc1. The van der Waals surface area contributed by atoms with Gasteiger partial charge in [-0.1, -0.05) is 52.3 Å². The van der Waals surface area contributed by atoms with Gasteiger partial charge in [0.2, 0.25) is 0 Å². The first kappa shape index (κ1) is 19.7. The third-order valence-corrected chi connectivity index (χ3v) is 6.61. The van der Waals surface area contributed by atoms with Crippen molar-refractivity contribution in [1.29, 1.82) is 0 Å². The maximum Gasteiger partial charge on any atom is 0.293 e. The van der Waals surface area contributed by atoms with E-state index in [2.05, 4.69) is 32.6 Å². The number of halogens is 1. The largest absolute Gasteiger partial charge is 0.318 e. The van der Waals surface area contributed by atoms with Crippen LogP contribution in [0.5, 0.6) is 0 Å². The molecule has 0 radical (unpaired) electrons. The zero-order valence-corrected chi connectivity index (χ0v) is 18.5. The molecule has 0 bridgehead atoms. The fraction of sp³-hybridized carbons (Fsp3) is 0.130. The van der Waals surface area contributed by atoms with Crippen LogP contribution in [0.25, 0.3) is 11.8 Å². The Bertz CT molecular complexity index is 1140. The highest BCUT2D eigenvalue weighted by Gasteiger charge is 2.35. The van der Waals surface area contributed by atoms with Crippen molar-refractivity contribution in [3.63, 3.8) is 0 Å². The molecule has 1 saturated heterocycles. The number of para-hydroxylation sites is 1. The number of carbonyl (C=O) groups is 2. The van der Waals surface area contributed by atoms with E-state index in [9.17, 15) is 9.59 Å². The summed E-state index contributed by atoms with van der Waals surface area (Å²) in [5.74, 6) is -0.250. The number of thioether (sulfide) groups is 1.